The van der Waals surface area contributed by atoms with Gasteiger partial charge in [-0.25, -0.2) is 4.98 Å². The molecule has 0 spiro atoms. The van der Waals surface area contributed by atoms with Gasteiger partial charge in [0.25, 0.3) is 6.47 Å². The molecule has 0 radical (unpaired) electrons. The van der Waals surface area contributed by atoms with Crippen molar-refractivity contribution in [3.8, 4) is 0 Å². The van der Waals surface area contributed by atoms with E-state index in [1.165, 1.54) is 32.1 Å². The van der Waals surface area contributed by atoms with Crippen LogP contribution in [-0.4, -0.2) is 72.2 Å². The van der Waals surface area contributed by atoms with E-state index in [0.29, 0.717) is 6.54 Å². The van der Waals surface area contributed by atoms with Crippen molar-refractivity contribution in [1.29, 1.82) is 0 Å². The third kappa shape index (κ3) is 18.7. The summed E-state index contributed by atoms with van der Waals surface area (Å²) in [5, 5.41) is 9.74. The number of amides is 1. The topological polar surface area (TPSA) is 108 Å². The summed E-state index contributed by atoms with van der Waals surface area (Å²) in [6, 6.07) is 0. The number of likely N-dealkylation sites (N-methyl/N-ethyl adjacent to an activating group) is 1. The first-order chi connectivity index (χ1) is 13.2. The Morgan fingerprint density at radius 2 is 1.81 bits per heavy atom. The van der Waals surface area contributed by atoms with Crippen molar-refractivity contribution in [2.45, 2.75) is 52.9 Å². The molecule has 2 fully saturated rings. The minimum absolute atomic E-state index is 0.236. The Morgan fingerprint density at radius 1 is 1.26 bits per heavy atom. The van der Waals surface area contributed by atoms with Crippen molar-refractivity contribution >= 4 is 12.4 Å². The summed E-state index contributed by atoms with van der Waals surface area (Å²) in [7, 11) is 1.80. The molecule has 1 amide bonds. The van der Waals surface area contributed by atoms with E-state index in [1.54, 1.807) is 19.6 Å². The molecule has 1 aromatic rings. The quantitative estimate of drug-likeness (QED) is 0.674. The van der Waals surface area contributed by atoms with E-state index in [1.807, 2.05) is 25.7 Å². The van der Waals surface area contributed by atoms with Gasteiger partial charge in [0, 0.05) is 38.2 Å². The number of nitrogens with zero attached hydrogens (tertiary/aromatic N) is 2. The Balaban J connectivity index is 0. The van der Waals surface area contributed by atoms with E-state index < -0.39 is 0 Å². The summed E-state index contributed by atoms with van der Waals surface area (Å²) in [4.78, 5) is 28.0. The largest absolute Gasteiger partial charge is 0.483 e. The summed E-state index contributed by atoms with van der Waals surface area (Å²) in [6.45, 7) is 10.1. The molecule has 0 saturated carbocycles. The van der Waals surface area contributed by atoms with Crippen LogP contribution in [0.15, 0.2) is 12.5 Å². The van der Waals surface area contributed by atoms with Gasteiger partial charge in [0.15, 0.2) is 0 Å². The number of H-pyrrole nitrogens is 1. The van der Waals surface area contributed by atoms with Gasteiger partial charge in [0.05, 0.1) is 12.9 Å². The lowest BCUT2D eigenvalue weighted by Gasteiger charge is -2.13. The number of imidazole rings is 1. The number of likely N-dealkylation sites (tertiary alicyclic amines) is 1. The molecule has 2 aliphatic rings. The molecule has 0 bridgehead atoms. The van der Waals surface area contributed by atoms with Gasteiger partial charge in [-0.15, -0.1) is 0 Å². The fourth-order valence-electron chi connectivity index (χ4n) is 2.24. The van der Waals surface area contributed by atoms with Crippen molar-refractivity contribution in [3.63, 3.8) is 0 Å². The van der Waals surface area contributed by atoms with Gasteiger partial charge in [-0.1, -0.05) is 13.8 Å². The maximum Gasteiger partial charge on any atom is 0.290 e. The molecule has 0 aromatic carbocycles. The lowest BCUT2D eigenvalue weighted by Crippen LogP contribution is -2.34. The molecule has 3 N–H and O–H groups in total. The van der Waals surface area contributed by atoms with E-state index in [0.717, 1.165) is 32.0 Å². The number of carboxylic acid groups (broad SMARTS) is 1. The van der Waals surface area contributed by atoms with Gasteiger partial charge in [-0.3, -0.25) is 9.59 Å². The first-order valence-corrected chi connectivity index (χ1v) is 9.68. The predicted octanol–water partition coefficient (Wildman–Crippen LogP) is 2.46. The van der Waals surface area contributed by atoms with Gasteiger partial charge < -0.3 is 25.0 Å². The Hall–Kier alpha value is -1.93. The SMILES string of the molecule is C1CCOCC1.CC.CNCC(=O)N1CCCC1.Cc1cnc[nH]1.O=CO. The number of aromatic amines is 1. The van der Waals surface area contributed by atoms with Crippen LogP contribution >= 0.6 is 0 Å². The zero-order chi connectivity index (χ0) is 20.8. The zero-order valence-corrected chi connectivity index (χ0v) is 17.4. The van der Waals surface area contributed by atoms with Crippen molar-refractivity contribution in [1.82, 2.24) is 20.2 Å². The van der Waals surface area contributed by atoms with Gasteiger partial charge in [-0.05, 0) is 46.1 Å². The molecule has 27 heavy (non-hydrogen) atoms. The Labute approximate surface area is 163 Å². The van der Waals surface area contributed by atoms with Crippen LogP contribution in [0.3, 0.4) is 0 Å². The van der Waals surface area contributed by atoms with Crippen LogP contribution in [0, 0.1) is 6.92 Å². The minimum atomic E-state index is -0.250. The second-order valence-electron chi connectivity index (χ2n) is 5.63. The second kappa shape index (κ2) is 22.1. The van der Waals surface area contributed by atoms with E-state index in [2.05, 4.69) is 15.3 Å². The third-order valence-electron chi connectivity index (χ3n) is 3.50. The smallest absolute Gasteiger partial charge is 0.290 e. The Morgan fingerprint density at radius 3 is 2.07 bits per heavy atom. The highest BCUT2D eigenvalue weighted by molar-refractivity contribution is 5.78. The summed E-state index contributed by atoms with van der Waals surface area (Å²) in [5.41, 5.74) is 1.11. The summed E-state index contributed by atoms with van der Waals surface area (Å²) < 4.78 is 5.07. The van der Waals surface area contributed by atoms with Crippen LogP contribution in [-0.2, 0) is 14.3 Å². The number of ether oxygens (including phenoxy) is 1. The molecule has 0 aliphatic carbocycles. The molecule has 1 aromatic heterocycles. The second-order valence-corrected chi connectivity index (χ2v) is 5.63. The summed E-state index contributed by atoms with van der Waals surface area (Å²) in [5.74, 6) is 0.236. The number of aryl methyl sites for hydroxylation is 1. The number of nitrogens with one attached hydrogen (secondary N) is 2. The minimum Gasteiger partial charge on any atom is -0.483 e. The van der Waals surface area contributed by atoms with E-state index in [-0.39, 0.29) is 12.4 Å². The highest BCUT2D eigenvalue weighted by Gasteiger charge is 2.15. The maximum atomic E-state index is 11.1. The monoisotopic (exact) mass is 386 g/mol. The lowest BCUT2D eigenvalue weighted by atomic mass is 10.2. The number of carbonyl (C=O) groups excluding carboxylic acids is 1. The molecule has 3 heterocycles. The molecular formula is C19H38N4O4. The first kappa shape index (κ1) is 27.3. The van der Waals surface area contributed by atoms with E-state index >= 15 is 0 Å². The van der Waals surface area contributed by atoms with Gasteiger partial charge in [-0.2, -0.15) is 0 Å². The molecule has 8 nitrogen and oxygen atoms in total. The molecule has 0 atom stereocenters. The Kier molecular flexibility index (Phi) is 22.3. The van der Waals surface area contributed by atoms with E-state index in [4.69, 9.17) is 14.6 Å². The summed E-state index contributed by atoms with van der Waals surface area (Å²) in [6.07, 6.45) is 9.72. The number of rotatable bonds is 2. The van der Waals surface area contributed by atoms with Crippen LogP contribution in [0.4, 0.5) is 0 Å². The molecule has 0 unspecified atom stereocenters. The molecule has 8 heteroatoms. The van der Waals surface area contributed by atoms with Gasteiger partial charge >= 0.3 is 0 Å². The number of hydrogen-bond donors (Lipinski definition) is 3. The normalized spacial score (nSPS) is 14.6. The lowest BCUT2D eigenvalue weighted by molar-refractivity contribution is -0.129. The van der Waals surface area contributed by atoms with Crippen molar-refractivity contribution in [3.05, 3.63) is 18.2 Å². The number of hydrogen-bond acceptors (Lipinski definition) is 5. The van der Waals surface area contributed by atoms with Gasteiger partial charge in [0.1, 0.15) is 0 Å². The fourth-order valence-corrected chi connectivity index (χ4v) is 2.24. The van der Waals surface area contributed by atoms with Crippen LogP contribution in [0.5, 0.6) is 0 Å². The number of carbonyl (C=O) groups is 2. The van der Waals surface area contributed by atoms with Crippen molar-refractivity contribution < 1.29 is 19.4 Å². The average Bonchev–Trinajstić information content (AvgIpc) is 3.41. The molecular weight excluding hydrogens is 348 g/mol. The van der Waals surface area contributed by atoms with Crippen LogP contribution in [0.25, 0.3) is 0 Å². The molecule has 2 aliphatic heterocycles. The standard InChI is InChI=1S/C7H14N2O.C5H10O.C4H6N2.C2H6.CH2O2/c1-8-6-7(10)9-4-2-3-5-9;1-2-4-6-5-3-1;1-4-2-5-3-6-4;1-2;2-1-3/h8H,2-6H2,1H3;1-5H2;2-3H,1H3,(H,5,6);1-2H3;1H,(H,2,3). The molecule has 2 saturated heterocycles. The van der Waals surface area contributed by atoms with Crippen LogP contribution in [0.1, 0.15) is 51.6 Å². The molecule has 3 rings (SSSR count). The highest BCUT2D eigenvalue weighted by Crippen LogP contribution is 2.06. The third-order valence-corrected chi connectivity index (χ3v) is 3.50. The molecule has 158 valence electrons. The Bertz CT molecular complexity index is 406. The average molecular weight is 387 g/mol. The van der Waals surface area contributed by atoms with Crippen LogP contribution in [0.2, 0.25) is 0 Å². The summed E-state index contributed by atoms with van der Waals surface area (Å²) >= 11 is 0. The fraction of sp³-hybridized carbons (Fsp3) is 0.737. The predicted molar refractivity (Wildman–Crippen MR) is 108 cm³/mol. The van der Waals surface area contributed by atoms with Crippen molar-refractivity contribution in [2.75, 3.05) is 39.9 Å². The van der Waals surface area contributed by atoms with Gasteiger partial charge in [0.2, 0.25) is 5.91 Å². The van der Waals surface area contributed by atoms with Crippen molar-refractivity contribution in [2.24, 2.45) is 0 Å². The highest BCUT2D eigenvalue weighted by atomic mass is 16.5. The van der Waals surface area contributed by atoms with Crippen LogP contribution < -0.4 is 5.32 Å². The number of aromatic nitrogens is 2. The zero-order valence-electron chi connectivity index (χ0n) is 17.4. The first-order valence-electron chi connectivity index (χ1n) is 9.68. The van der Waals surface area contributed by atoms with E-state index in [9.17, 15) is 4.79 Å². The maximum absolute atomic E-state index is 11.1.